The Balaban J connectivity index is 2.15. The van der Waals surface area contributed by atoms with E-state index in [1.807, 2.05) is 6.20 Å². The van der Waals surface area contributed by atoms with E-state index in [0.29, 0.717) is 0 Å². The van der Waals surface area contributed by atoms with Crippen molar-refractivity contribution in [2.24, 2.45) is 5.84 Å². The molecule has 0 aliphatic carbocycles. The van der Waals surface area contributed by atoms with Crippen LogP contribution in [0.1, 0.15) is 17.2 Å². The molecule has 0 saturated carbocycles. The normalized spacial score (nSPS) is 12.4. The maximum atomic E-state index is 5.67. The summed E-state index contributed by atoms with van der Waals surface area (Å²) in [6.07, 6.45) is 6.52. The third-order valence-corrected chi connectivity index (χ3v) is 4.10. The maximum absolute atomic E-state index is 5.67. The Kier molecular flexibility index (Phi) is 5.39. The van der Waals surface area contributed by atoms with E-state index in [2.05, 4.69) is 62.9 Å². The number of aromatic nitrogens is 1. The van der Waals surface area contributed by atoms with E-state index in [1.54, 1.807) is 18.0 Å². The number of pyridine rings is 1. The highest BCUT2D eigenvalue weighted by Gasteiger charge is 2.11. The number of hydrogen-bond acceptors (Lipinski definition) is 4. The summed E-state index contributed by atoms with van der Waals surface area (Å²) in [5.74, 6) is 5.67. The average molecular weight is 338 g/mol. The fourth-order valence-corrected chi connectivity index (χ4v) is 2.73. The van der Waals surface area contributed by atoms with Crippen molar-refractivity contribution >= 4 is 27.7 Å². The van der Waals surface area contributed by atoms with Crippen molar-refractivity contribution < 1.29 is 0 Å². The Bertz CT molecular complexity index is 530. The van der Waals surface area contributed by atoms with E-state index in [4.69, 9.17) is 5.84 Å². The van der Waals surface area contributed by atoms with Crippen LogP contribution in [-0.2, 0) is 6.42 Å². The van der Waals surface area contributed by atoms with E-state index in [9.17, 15) is 0 Å². The molecule has 1 heterocycles. The molecule has 0 amide bonds. The van der Waals surface area contributed by atoms with Gasteiger partial charge in [-0.1, -0.05) is 12.1 Å². The molecule has 0 aliphatic rings. The minimum atomic E-state index is 0.0898. The number of hydrogen-bond donors (Lipinski definition) is 2. The summed E-state index contributed by atoms with van der Waals surface area (Å²) in [6.45, 7) is 0. The fraction of sp³-hybridized carbons (Fsp3) is 0.214. The molecule has 2 rings (SSSR count). The Morgan fingerprint density at radius 3 is 2.63 bits per heavy atom. The lowest BCUT2D eigenvalue weighted by molar-refractivity contribution is 0.551. The summed E-state index contributed by atoms with van der Waals surface area (Å²) in [4.78, 5) is 5.43. The Morgan fingerprint density at radius 2 is 2.05 bits per heavy atom. The van der Waals surface area contributed by atoms with E-state index < -0.39 is 0 Å². The molecule has 1 unspecified atom stereocenters. The number of rotatable bonds is 5. The SMILES string of the molecule is CSc1ccc(C(Cc2cncc(Br)c2)NN)cc1. The molecule has 0 spiro atoms. The molecule has 19 heavy (non-hydrogen) atoms. The maximum Gasteiger partial charge on any atom is 0.0500 e. The third kappa shape index (κ3) is 4.04. The molecule has 3 N–H and O–H groups in total. The minimum Gasteiger partial charge on any atom is -0.271 e. The first-order valence-electron chi connectivity index (χ1n) is 5.92. The zero-order valence-electron chi connectivity index (χ0n) is 10.6. The van der Waals surface area contributed by atoms with Crippen LogP contribution in [0.3, 0.4) is 0 Å². The van der Waals surface area contributed by atoms with Gasteiger partial charge in [-0.05, 0) is 57.9 Å². The molecule has 0 saturated heterocycles. The number of thioether (sulfide) groups is 1. The van der Waals surface area contributed by atoms with Crippen molar-refractivity contribution in [3.63, 3.8) is 0 Å². The highest BCUT2D eigenvalue weighted by molar-refractivity contribution is 9.10. The summed E-state index contributed by atoms with van der Waals surface area (Å²) in [5.41, 5.74) is 5.20. The molecule has 1 aromatic heterocycles. The Morgan fingerprint density at radius 1 is 1.32 bits per heavy atom. The van der Waals surface area contributed by atoms with Gasteiger partial charge >= 0.3 is 0 Å². The molecule has 1 atom stereocenters. The highest BCUT2D eigenvalue weighted by Crippen LogP contribution is 2.22. The number of nitrogens with two attached hydrogens (primary N) is 1. The molecule has 0 aliphatic heterocycles. The Labute approximate surface area is 126 Å². The summed E-state index contributed by atoms with van der Waals surface area (Å²) >= 11 is 5.17. The molecule has 1 aromatic carbocycles. The van der Waals surface area contributed by atoms with Crippen LogP contribution in [0, 0.1) is 0 Å². The molecule has 0 radical (unpaired) electrons. The van der Waals surface area contributed by atoms with Crippen molar-refractivity contribution in [2.45, 2.75) is 17.4 Å². The van der Waals surface area contributed by atoms with E-state index in [-0.39, 0.29) is 6.04 Å². The monoisotopic (exact) mass is 337 g/mol. The molecule has 0 bridgehead atoms. The lowest BCUT2D eigenvalue weighted by Crippen LogP contribution is -2.29. The average Bonchev–Trinajstić information content (AvgIpc) is 2.45. The van der Waals surface area contributed by atoms with Gasteiger partial charge in [-0.2, -0.15) is 0 Å². The van der Waals surface area contributed by atoms with Crippen LogP contribution >= 0.6 is 27.7 Å². The van der Waals surface area contributed by atoms with Crippen LogP contribution < -0.4 is 11.3 Å². The largest absolute Gasteiger partial charge is 0.271 e. The second kappa shape index (κ2) is 7.05. The van der Waals surface area contributed by atoms with Gasteiger partial charge < -0.3 is 0 Å². The predicted octanol–water partition coefficient (Wildman–Crippen LogP) is 3.31. The van der Waals surface area contributed by atoms with Gasteiger partial charge in [0.1, 0.15) is 0 Å². The van der Waals surface area contributed by atoms with Gasteiger partial charge in [-0.3, -0.25) is 16.3 Å². The standard InChI is InChI=1S/C14H16BrN3S/c1-19-13-4-2-11(3-5-13)14(18-16)7-10-6-12(15)9-17-8-10/h2-6,8-9,14,18H,7,16H2,1H3. The molecule has 0 fully saturated rings. The fourth-order valence-electron chi connectivity index (χ4n) is 1.91. The first kappa shape index (κ1) is 14.5. The minimum absolute atomic E-state index is 0.0898. The van der Waals surface area contributed by atoms with Crippen molar-refractivity contribution in [1.29, 1.82) is 0 Å². The lowest BCUT2D eigenvalue weighted by Gasteiger charge is -2.16. The lowest BCUT2D eigenvalue weighted by atomic mass is 10.0. The second-order valence-electron chi connectivity index (χ2n) is 4.21. The van der Waals surface area contributed by atoms with Gasteiger partial charge in [0.05, 0.1) is 6.04 Å². The van der Waals surface area contributed by atoms with Crippen LogP contribution in [0.2, 0.25) is 0 Å². The number of nitrogens with one attached hydrogen (secondary N) is 1. The summed E-state index contributed by atoms with van der Waals surface area (Å²) in [6, 6.07) is 10.6. The zero-order valence-corrected chi connectivity index (χ0v) is 13.0. The van der Waals surface area contributed by atoms with Crippen molar-refractivity contribution in [3.8, 4) is 0 Å². The quantitative estimate of drug-likeness (QED) is 0.499. The van der Waals surface area contributed by atoms with Gasteiger partial charge in [0.25, 0.3) is 0 Å². The van der Waals surface area contributed by atoms with Gasteiger partial charge in [0.15, 0.2) is 0 Å². The number of nitrogens with zero attached hydrogens (tertiary/aromatic N) is 1. The highest BCUT2D eigenvalue weighted by atomic mass is 79.9. The van der Waals surface area contributed by atoms with Crippen LogP contribution in [0.4, 0.5) is 0 Å². The number of benzene rings is 1. The topological polar surface area (TPSA) is 50.9 Å². The van der Waals surface area contributed by atoms with E-state index >= 15 is 0 Å². The first-order chi connectivity index (χ1) is 9.22. The molecule has 5 heteroatoms. The van der Waals surface area contributed by atoms with E-state index in [1.165, 1.54) is 10.5 Å². The predicted molar refractivity (Wildman–Crippen MR) is 83.9 cm³/mol. The van der Waals surface area contributed by atoms with E-state index in [0.717, 1.165) is 16.5 Å². The third-order valence-electron chi connectivity index (χ3n) is 2.92. The zero-order chi connectivity index (χ0) is 13.7. The van der Waals surface area contributed by atoms with Gasteiger partial charge in [-0.15, -0.1) is 11.8 Å². The van der Waals surface area contributed by atoms with Crippen LogP contribution in [-0.4, -0.2) is 11.2 Å². The number of hydrazine groups is 1. The number of halogens is 1. The molecule has 3 nitrogen and oxygen atoms in total. The molecular formula is C14H16BrN3S. The first-order valence-corrected chi connectivity index (χ1v) is 7.94. The van der Waals surface area contributed by atoms with Crippen molar-refractivity contribution in [1.82, 2.24) is 10.4 Å². The molecule has 100 valence electrons. The van der Waals surface area contributed by atoms with Crippen molar-refractivity contribution in [3.05, 3.63) is 58.3 Å². The molecular weight excluding hydrogens is 322 g/mol. The Hall–Kier alpha value is -0.880. The summed E-state index contributed by atoms with van der Waals surface area (Å²) in [7, 11) is 0. The van der Waals surface area contributed by atoms with Crippen LogP contribution in [0.5, 0.6) is 0 Å². The summed E-state index contributed by atoms with van der Waals surface area (Å²) in [5, 5.41) is 0. The van der Waals surface area contributed by atoms with Crippen molar-refractivity contribution in [2.75, 3.05) is 6.26 Å². The summed E-state index contributed by atoms with van der Waals surface area (Å²) < 4.78 is 0.985. The second-order valence-corrected chi connectivity index (χ2v) is 6.00. The van der Waals surface area contributed by atoms with Gasteiger partial charge in [0, 0.05) is 21.8 Å². The molecule has 2 aromatic rings. The smallest absolute Gasteiger partial charge is 0.0500 e. The van der Waals surface area contributed by atoms with Crippen LogP contribution in [0.15, 0.2) is 52.1 Å². The van der Waals surface area contributed by atoms with Crippen LogP contribution in [0.25, 0.3) is 0 Å². The van der Waals surface area contributed by atoms with Gasteiger partial charge in [0.2, 0.25) is 0 Å². The van der Waals surface area contributed by atoms with Gasteiger partial charge in [-0.25, -0.2) is 0 Å².